The van der Waals surface area contributed by atoms with Crippen LogP contribution in [0.4, 0.5) is 0 Å². The lowest BCUT2D eigenvalue weighted by molar-refractivity contribution is 0.251. The van der Waals surface area contributed by atoms with Gasteiger partial charge in [0.25, 0.3) is 0 Å². The first-order valence-corrected chi connectivity index (χ1v) is 10.7. The molecule has 2 unspecified atom stereocenters. The van der Waals surface area contributed by atoms with Crippen molar-refractivity contribution in [3.63, 3.8) is 0 Å². The highest BCUT2D eigenvalue weighted by Gasteiger charge is 2.46. The van der Waals surface area contributed by atoms with E-state index in [2.05, 4.69) is 54.6 Å². The van der Waals surface area contributed by atoms with Crippen molar-refractivity contribution >= 4 is 8.32 Å². The molecule has 0 spiro atoms. The fourth-order valence-corrected chi connectivity index (χ4v) is 3.11. The first-order chi connectivity index (χ1) is 8.46. The molecule has 1 rings (SSSR count). The first-order valence-electron chi connectivity index (χ1n) is 7.77. The minimum atomic E-state index is -1.55. The Bertz CT molecular complexity index is 292. The fourth-order valence-electron chi connectivity index (χ4n) is 2.05. The molecule has 1 saturated heterocycles. The van der Waals surface area contributed by atoms with Crippen LogP contribution in [-0.4, -0.2) is 26.6 Å². The number of hydrogen-bond acceptors (Lipinski definition) is 2. The molecule has 0 amide bonds. The highest BCUT2D eigenvalue weighted by molar-refractivity contribution is 6.74. The van der Waals surface area contributed by atoms with E-state index in [9.17, 15) is 0 Å². The standard InChI is InChI=1S/C16H34O2Si/c1-13(9-10-14-16(5,6)18-14)11-12-17-19(7,8)15(2,3)4/h13-14H,9-12H2,1-8H3. The van der Waals surface area contributed by atoms with Crippen molar-refractivity contribution in [2.24, 2.45) is 5.92 Å². The summed E-state index contributed by atoms with van der Waals surface area (Å²) in [5, 5.41) is 0.322. The first kappa shape index (κ1) is 17.2. The van der Waals surface area contributed by atoms with Gasteiger partial charge in [-0.15, -0.1) is 0 Å². The van der Waals surface area contributed by atoms with E-state index in [0.29, 0.717) is 11.1 Å². The summed E-state index contributed by atoms with van der Waals surface area (Å²) in [7, 11) is -1.55. The maximum atomic E-state index is 6.24. The third-order valence-electron chi connectivity index (χ3n) is 4.97. The zero-order chi connectivity index (χ0) is 14.9. The molecule has 0 aromatic heterocycles. The van der Waals surface area contributed by atoms with E-state index in [1.54, 1.807) is 0 Å². The molecule has 0 aromatic carbocycles. The van der Waals surface area contributed by atoms with Crippen LogP contribution >= 0.6 is 0 Å². The molecule has 114 valence electrons. The lowest BCUT2D eigenvalue weighted by Crippen LogP contribution is -2.41. The van der Waals surface area contributed by atoms with Gasteiger partial charge in [-0.3, -0.25) is 0 Å². The van der Waals surface area contributed by atoms with Crippen LogP contribution in [0.2, 0.25) is 18.1 Å². The van der Waals surface area contributed by atoms with Crippen LogP contribution in [0.25, 0.3) is 0 Å². The maximum Gasteiger partial charge on any atom is 0.191 e. The van der Waals surface area contributed by atoms with Gasteiger partial charge in [0.2, 0.25) is 0 Å². The van der Waals surface area contributed by atoms with Crippen molar-refractivity contribution < 1.29 is 9.16 Å². The Morgan fingerprint density at radius 2 is 1.74 bits per heavy atom. The average molecular weight is 287 g/mol. The molecule has 0 bridgehead atoms. The molecule has 1 aliphatic heterocycles. The molecule has 0 N–H and O–H groups in total. The SMILES string of the molecule is CC(CCO[Si](C)(C)C(C)(C)C)CCC1OC1(C)C. The summed E-state index contributed by atoms with van der Waals surface area (Å²) in [4.78, 5) is 0. The quantitative estimate of drug-likeness (QED) is 0.485. The van der Waals surface area contributed by atoms with E-state index in [-0.39, 0.29) is 5.60 Å². The van der Waals surface area contributed by atoms with E-state index >= 15 is 0 Å². The van der Waals surface area contributed by atoms with Gasteiger partial charge < -0.3 is 9.16 Å². The van der Waals surface area contributed by atoms with Gasteiger partial charge in [0.05, 0.1) is 11.7 Å². The molecule has 0 aromatic rings. The van der Waals surface area contributed by atoms with Gasteiger partial charge >= 0.3 is 0 Å². The molecular weight excluding hydrogens is 252 g/mol. The summed E-state index contributed by atoms with van der Waals surface area (Å²) in [5.41, 5.74) is 0.150. The van der Waals surface area contributed by atoms with Crippen LogP contribution in [0.15, 0.2) is 0 Å². The molecule has 0 saturated carbocycles. The van der Waals surface area contributed by atoms with Crippen molar-refractivity contribution in [1.29, 1.82) is 0 Å². The van der Waals surface area contributed by atoms with Crippen LogP contribution in [0, 0.1) is 5.92 Å². The van der Waals surface area contributed by atoms with Gasteiger partial charge in [-0.25, -0.2) is 0 Å². The summed E-state index contributed by atoms with van der Waals surface area (Å²) < 4.78 is 11.9. The van der Waals surface area contributed by atoms with Crippen LogP contribution in [0.1, 0.15) is 60.8 Å². The van der Waals surface area contributed by atoms with Crippen molar-refractivity contribution in [3.05, 3.63) is 0 Å². The predicted octanol–water partition coefficient (Wildman–Crippen LogP) is 4.99. The van der Waals surface area contributed by atoms with Crippen molar-refractivity contribution in [2.45, 2.75) is 90.6 Å². The number of ether oxygens (including phenoxy) is 1. The van der Waals surface area contributed by atoms with Crippen LogP contribution in [-0.2, 0) is 9.16 Å². The highest BCUT2D eigenvalue weighted by Crippen LogP contribution is 2.39. The van der Waals surface area contributed by atoms with Gasteiger partial charge in [-0.2, -0.15) is 0 Å². The molecule has 0 radical (unpaired) electrons. The second-order valence-electron chi connectivity index (χ2n) is 8.29. The zero-order valence-corrected chi connectivity index (χ0v) is 15.3. The van der Waals surface area contributed by atoms with E-state index in [0.717, 1.165) is 12.5 Å². The zero-order valence-electron chi connectivity index (χ0n) is 14.3. The van der Waals surface area contributed by atoms with E-state index in [1.807, 2.05) is 0 Å². The molecular formula is C16H34O2Si. The Morgan fingerprint density at radius 3 is 2.16 bits per heavy atom. The molecule has 3 heteroatoms. The molecule has 2 nitrogen and oxygen atoms in total. The minimum Gasteiger partial charge on any atom is -0.417 e. The van der Waals surface area contributed by atoms with Crippen LogP contribution in [0.5, 0.6) is 0 Å². The molecule has 0 aliphatic carbocycles. The maximum absolute atomic E-state index is 6.24. The molecule has 1 aliphatic rings. The number of epoxide rings is 1. The van der Waals surface area contributed by atoms with Crippen LogP contribution in [0.3, 0.4) is 0 Å². The number of hydrogen-bond donors (Lipinski definition) is 0. The van der Waals surface area contributed by atoms with Gasteiger partial charge in [0, 0.05) is 6.61 Å². The fraction of sp³-hybridized carbons (Fsp3) is 1.00. The molecule has 19 heavy (non-hydrogen) atoms. The van der Waals surface area contributed by atoms with E-state index < -0.39 is 8.32 Å². The Labute approximate surface area is 121 Å². The Hall–Kier alpha value is 0.137. The van der Waals surface area contributed by atoms with Crippen LogP contribution < -0.4 is 0 Å². The summed E-state index contributed by atoms with van der Waals surface area (Å²) in [5.74, 6) is 0.741. The summed E-state index contributed by atoms with van der Waals surface area (Å²) in [6.45, 7) is 19.2. The van der Waals surface area contributed by atoms with Crippen molar-refractivity contribution in [2.75, 3.05) is 6.61 Å². The number of rotatable bonds is 7. The highest BCUT2D eigenvalue weighted by atomic mass is 28.4. The lowest BCUT2D eigenvalue weighted by atomic mass is 9.98. The monoisotopic (exact) mass is 286 g/mol. The second-order valence-corrected chi connectivity index (χ2v) is 13.1. The topological polar surface area (TPSA) is 21.8 Å². The van der Waals surface area contributed by atoms with E-state index in [4.69, 9.17) is 9.16 Å². The van der Waals surface area contributed by atoms with Crippen molar-refractivity contribution in [1.82, 2.24) is 0 Å². The average Bonchev–Trinajstić information content (AvgIpc) is 2.81. The minimum absolute atomic E-state index is 0.150. The Balaban J connectivity index is 2.15. The van der Waals surface area contributed by atoms with Crippen molar-refractivity contribution in [3.8, 4) is 0 Å². The summed E-state index contributed by atoms with van der Waals surface area (Å²) in [6, 6.07) is 0. The third kappa shape index (κ3) is 5.20. The predicted molar refractivity (Wildman–Crippen MR) is 85.1 cm³/mol. The molecule has 1 heterocycles. The Morgan fingerprint density at radius 1 is 1.21 bits per heavy atom. The normalized spacial score (nSPS) is 24.3. The van der Waals surface area contributed by atoms with Gasteiger partial charge in [-0.1, -0.05) is 27.7 Å². The largest absolute Gasteiger partial charge is 0.417 e. The van der Waals surface area contributed by atoms with Gasteiger partial charge in [0.15, 0.2) is 8.32 Å². The third-order valence-corrected chi connectivity index (χ3v) is 9.50. The van der Waals surface area contributed by atoms with Gasteiger partial charge in [0.1, 0.15) is 0 Å². The summed E-state index contributed by atoms with van der Waals surface area (Å²) in [6.07, 6.45) is 4.14. The Kier molecular flexibility index (Phi) is 5.31. The molecule has 2 atom stereocenters. The lowest BCUT2D eigenvalue weighted by Gasteiger charge is -2.36. The summed E-state index contributed by atoms with van der Waals surface area (Å²) >= 11 is 0. The molecule has 1 fully saturated rings. The smallest absolute Gasteiger partial charge is 0.191 e. The van der Waals surface area contributed by atoms with E-state index in [1.165, 1.54) is 19.3 Å². The second kappa shape index (κ2) is 5.86. The van der Waals surface area contributed by atoms with Gasteiger partial charge in [-0.05, 0) is 57.2 Å².